The van der Waals surface area contributed by atoms with Gasteiger partial charge >= 0.3 is 0 Å². The SMILES string of the molecule is Nc1ccc2c(C(=O)NCc3cc(Br)cs3)c[nH]c2c1. The Morgan fingerprint density at radius 2 is 2.25 bits per heavy atom. The van der Waals surface area contributed by atoms with E-state index in [1.54, 1.807) is 23.6 Å². The van der Waals surface area contributed by atoms with E-state index in [1.807, 2.05) is 23.6 Å². The maximum absolute atomic E-state index is 12.2. The van der Waals surface area contributed by atoms with Crippen LogP contribution in [0.4, 0.5) is 5.69 Å². The number of fused-ring (bicyclic) bond motifs is 1. The highest BCUT2D eigenvalue weighted by Crippen LogP contribution is 2.22. The van der Waals surface area contributed by atoms with Gasteiger partial charge in [-0.15, -0.1) is 11.3 Å². The minimum absolute atomic E-state index is 0.0921. The molecule has 1 aromatic carbocycles. The summed E-state index contributed by atoms with van der Waals surface area (Å²) in [5, 5.41) is 5.80. The summed E-state index contributed by atoms with van der Waals surface area (Å²) in [5.41, 5.74) is 7.90. The van der Waals surface area contributed by atoms with Crippen molar-refractivity contribution < 1.29 is 4.79 Å². The number of anilines is 1. The molecule has 0 spiro atoms. The topological polar surface area (TPSA) is 70.9 Å². The lowest BCUT2D eigenvalue weighted by molar-refractivity contribution is 0.0953. The standard InChI is InChI=1S/C14H12BrN3OS/c15-8-3-10(20-7-8)5-18-14(19)12-6-17-13-4-9(16)1-2-11(12)13/h1-4,6-7,17H,5,16H2,(H,18,19). The largest absolute Gasteiger partial charge is 0.399 e. The number of nitrogen functional groups attached to an aromatic ring is 1. The van der Waals surface area contributed by atoms with Crippen LogP contribution in [0.1, 0.15) is 15.2 Å². The Hall–Kier alpha value is -1.79. The average molecular weight is 350 g/mol. The summed E-state index contributed by atoms with van der Waals surface area (Å²) in [5.74, 6) is -0.0921. The van der Waals surface area contributed by atoms with Crippen LogP contribution < -0.4 is 11.1 Å². The third-order valence-corrected chi connectivity index (χ3v) is 4.69. The van der Waals surface area contributed by atoms with Gasteiger partial charge in [0.2, 0.25) is 0 Å². The number of aromatic nitrogens is 1. The van der Waals surface area contributed by atoms with E-state index in [1.165, 1.54) is 0 Å². The Bertz CT molecular complexity index is 778. The van der Waals surface area contributed by atoms with Crippen molar-refractivity contribution in [2.24, 2.45) is 0 Å². The Kier molecular flexibility index (Phi) is 3.50. The molecule has 102 valence electrons. The van der Waals surface area contributed by atoms with Crippen LogP contribution in [0.5, 0.6) is 0 Å². The number of rotatable bonds is 3. The molecular weight excluding hydrogens is 338 g/mol. The second-order valence-electron chi connectivity index (χ2n) is 4.42. The van der Waals surface area contributed by atoms with Crippen molar-refractivity contribution in [3.63, 3.8) is 0 Å². The molecule has 0 saturated carbocycles. The number of nitrogens with two attached hydrogens (primary N) is 1. The molecule has 0 aliphatic heterocycles. The van der Waals surface area contributed by atoms with Crippen molar-refractivity contribution in [3.05, 3.63) is 50.8 Å². The Morgan fingerprint density at radius 1 is 1.40 bits per heavy atom. The van der Waals surface area contributed by atoms with Crippen LogP contribution in [-0.4, -0.2) is 10.9 Å². The number of hydrogen-bond acceptors (Lipinski definition) is 3. The monoisotopic (exact) mass is 349 g/mol. The zero-order chi connectivity index (χ0) is 14.1. The van der Waals surface area contributed by atoms with E-state index < -0.39 is 0 Å². The molecule has 20 heavy (non-hydrogen) atoms. The zero-order valence-electron chi connectivity index (χ0n) is 10.4. The van der Waals surface area contributed by atoms with Gasteiger partial charge in [0.25, 0.3) is 5.91 Å². The van der Waals surface area contributed by atoms with Gasteiger partial charge in [0.15, 0.2) is 0 Å². The lowest BCUT2D eigenvalue weighted by Crippen LogP contribution is -2.21. The molecule has 4 N–H and O–H groups in total. The Balaban J connectivity index is 1.78. The first-order valence-electron chi connectivity index (χ1n) is 6.01. The minimum atomic E-state index is -0.0921. The minimum Gasteiger partial charge on any atom is -0.399 e. The summed E-state index contributed by atoms with van der Waals surface area (Å²) in [6, 6.07) is 7.48. The second-order valence-corrected chi connectivity index (χ2v) is 6.33. The molecule has 0 aliphatic carbocycles. The highest BCUT2D eigenvalue weighted by molar-refractivity contribution is 9.10. The fraction of sp³-hybridized carbons (Fsp3) is 0.0714. The molecule has 6 heteroatoms. The third kappa shape index (κ3) is 2.57. The number of amides is 1. The summed E-state index contributed by atoms with van der Waals surface area (Å²) in [4.78, 5) is 16.4. The summed E-state index contributed by atoms with van der Waals surface area (Å²) in [7, 11) is 0. The van der Waals surface area contributed by atoms with Gasteiger partial charge < -0.3 is 16.0 Å². The van der Waals surface area contributed by atoms with Crippen molar-refractivity contribution in [1.29, 1.82) is 0 Å². The molecule has 0 aliphatic rings. The molecule has 0 unspecified atom stereocenters. The lowest BCUT2D eigenvalue weighted by atomic mass is 10.1. The van der Waals surface area contributed by atoms with E-state index >= 15 is 0 Å². The normalized spacial score (nSPS) is 10.8. The van der Waals surface area contributed by atoms with Crippen molar-refractivity contribution in [2.45, 2.75) is 6.54 Å². The molecule has 0 fully saturated rings. The van der Waals surface area contributed by atoms with Crippen LogP contribution in [0.3, 0.4) is 0 Å². The number of hydrogen-bond donors (Lipinski definition) is 3. The smallest absolute Gasteiger partial charge is 0.253 e. The van der Waals surface area contributed by atoms with Crippen LogP contribution in [0.25, 0.3) is 10.9 Å². The van der Waals surface area contributed by atoms with Crippen molar-refractivity contribution in [2.75, 3.05) is 5.73 Å². The molecule has 3 aromatic rings. The maximum Gasteiger partial charge on any atom is 0.253 e. The average Bonchev–Trinajstić information content (AvgIpc) is 3.01. The molecule has 2 aromatic heterocycles. The Labute approximate surface area is 128 Å². The van der Waals surface area contributed by atoms with Crippen molar-refractivity contribution >= 4 is 49.8 Å². The number of thiophene rings is 1. The zero-order valence-corrected chi connectivity index (χ0v) is 12.8. The maximum atomic E-state index is 12.2. The highest BCUT2D eigenvalue weighted by Gasteiger charge is 2.12. The fourth-order valence-corrected chi connectivity index (χ4v) is 3.43. The molecule has 0 bridgehead atoms. The van der Waals surface area contributed by atoms with Crippen LogP contribution in [0.15, 0.2) is 40.3 Å². The predicted molar refractivity (Wildman–Crippen MR) is 85.9 cm³/mol. The summed E-state index contributed by atoms with van der Waals surface area (Å²) in [6.07, 6.45) is 1.71. The molecular formula is C14H12BrN3OS. The van der Waals surface area contributed by atoms with Gasteiger partial charge in [-0.2, -0.15) is 0 Å². The van der Waals surface area contributed by atoms with E-state index in [0.29, 0.717) is 17.8 Å². The first-order valence-corrected chi connectivity index (χ1v) is 7.68. The number of carbonyl (C=O) groups is 1. The Morgan fingerprint density at radius 3 is 3.00 bits per heavy atom. The number of benzene rings is 1. The van der Waals surface area contributed by atoms with Gasteiger partial charge in [-0.3, -0.25) is 4.79 Å². The van der Waals surface area contributed by atoms with E-state index in [-0.39, 0.29) is 5.91 Å². The first-order chi connectivity index (χ1) is 9.63. The van der Waals surface area contributed by atoms with Gasteiger partial charge in [-0.25, -0.2) is 0 Å². The van der Waals surface area contributed by atoms with Crippen LogP contribution >= 0.6 is 27.3 Å². The number of carbonyl (C=O) groups excluding carboxylic acids is 1. The van der Waals surface area contributed by atoms with Crippen LogP contribution in [-0.2, 0) is 6.54 Å². The number of halogens is 1. The number of H-pyrrole nitrogens is 1. The summed E-state index contributed by atoms with van der Waals surface area (Å²) < 4.78 is 1.04. The van der Waals surface area contributed by atoms with Gasteiger partial charge in [0.05, 0.1) is 12.1 Å². The van der Waals surface area contributed by atoms with Crippen LogP contribution in [0, 0.1) is 0 Å². The molecule has 0 radical (unpaired) electrons. The first kappa shape index (κ1) is 13.2. The van der Waals surface area contributed by atoms with Gasteiger partial charge in [-0.05, 0) is 40.2 Å². The fourth-order valence-electron chi connectivity index (χ4n) is 2.04. The van der Waals surface area contributed by atoms with Gasteiger partial charge in [0, 0.05) is 37.5 Å². The summed E-state index contributed by atoms with van der Waals surface area (Å²) in [6.45, 7) is 0.525. The van der Waals surface area contributed by atoms with Crippen molar-refractivity contribution in [1.82, 2.24) is 10.3 Å². The second kappa shape index (κ2) is 5.30. The number of nitrogens with one attached hydrogen (secondary N) is 2. The number of aromatic amines is 1. The highest BCUT2D eigenvalue weighted by atomic mass is 79.9. The van der Waals surface area contributed by atoms with E-state index in [2.05, 4.69) is 26.2 Å². The van der Waals surface area contributed by atoms with Crippen molar-refractivity contribution in [3.8, 4) is 0 Å². The molecule has 1 amide bonds. The lowest BCUT2D eigenvalue weighted by Gasteiger charge is -2.02. The van der Waals surface area contributed by atoms with Crippen LogP contribution in [0.2, 0.25) is 0 Å². The molecule has 4 nitrogen and oxygen atoms in total. The molecule has 2 heterocycles. The third-order valence-electron chi connectivity index (χ3n) is 3.00. The molecule has 0 atom stereocenters. The summed E-state index contributed by atoms with van der Waals surface area (Å²) >= 11 is 5.01. The van der Waals surface area contributed by atoms with E-state index in [4.69, 9.17) is 5.73 Å². The van der Waals surface area contributed by atoms with E-state index in [9.17, 15) is 4.79 Å². The van der Waals surface area contributed by atoms with E-state index in [0.717, 1.165) is 20.3 Å². The van der Waals surface area contributed by atoms with Gasteiger partial charge in [0.1, 0.15) is 0 Å². The molecule has 3 rings (SSSR count). The van der Waals surface area contributed by atoms with Gasteiger partial charge in [-0.1, -0.05) is 0 Å². The quantitative estimate of drug-likeness (QED) is 0.633. The molecule has 0 saturated heterocycles. The predicted octanol–water partition coefficient (Wildman–Crippen LogP) is 3.50.